The van der Waals surface area contributed by atoms with E-state index in [1.807, 2.05) is 13.0 Å². The topological polar surface area (TPSA) is 30.0 Å². The highest BCUT2D eigenvalue weighted by molar-refractivity contribution is 14.1. The highest BCUT2D eigenvalue weighted by Gasteiger charge is 2.16. The van der Waals surface area contributed by atoms with Crippen molar-refractivity contribution < 1.29 is 4.79 Å². The molecule has 13 heavy (non-hydrogen) atoms. The van der Waals surface area contributed by atoms with Crippen LogP contribution in [0.2, 0.25) is 0 Å². The Bertz CT molecular complexity index is 270. The van der Waals surface area contributed by atoms with Crippen LogP contribution in [0.15, 0.2) is 24.5 Å². The van der Waals surface area contributed by atoms with Crippen molar-refractivity contribution in [1.82, 2.24) is 4.98 Å². The van der Waals surface area contributed by atoms with Gasteiger partial charge in [-0.2, -0.15) is 0 Å². The van der Waals surface area contributed by atoms with Crippen LogP contribution in [0.3, 0.4) is 0 Å². The summed E-state index contributed by atoms with van der Waals surface area (Å²) in [5.74, 6) is 0.356. The Hall–Kier alpha value is -0.450. The van der Waals surface area contributed by atoms with Crippen molar-refractivity contribution in [2.45, 2.75) is 13.3 Å². The van der Waals surface area contributed by atoms with Gasteiger partial charge in [0.1, 0.15) is 0 Å². The minimum Gasteiger partial charge on any atom is -0.294 e. The molecule has 0 aromatic carbocycles. The Balaban J connectivity index is 2.78. The van der Waals surface area contributed by atoms with Crippen molar-refractivity contribution in [2.75, 3.05) is 4.43 Å². The number of Topliss-reactive ketones (excluding diaryl/α,β-unsaturated/α-hetero) is 1. The first-order chi connectivity index (χ1) is 6.29. The van der Waals surface area contributed by atoms with Gasteiger partial charge in [0, 0.05) is 28.3 Å². The van der Waals surface area contributed by atoms with Crippen molar-refractivity contribution in [1.29, 1.82) is 0 Å². The summed E-state index contributed by atoms with van der Waals surface area (Å²) < 4.78 is 0.877. The third kappa shape index (κ3) is 2.76. The lowest BCUT2D eigenvalue weighted by Gasteiger charge is -2.08. The zero-order valence-corrected chi connectivity index (χ0v) is 9.69. The smallest absolute Gasteiger partial charge is 0.168 e. The molecule has 1 rings (SSSR count). The summed E-state index contributed by atoms with van der Waals surface area (Å²) in [6.45, 7) is 2.04. The maximum absolute atomic E-state index is 11.8. The molecule has 1 aromatic heterocycles. The quantitative estimate of drug-likeness (QED) is 0.484. The average molecular weight is 289 g/mol. The molecule has 2 nitrogen and oxygen atoms in total. The molecule has 0 saturated carbocycles. The molecule has 1 aromatic rings. The average Bonchev–Trinajstić information content (AvgIpc) is 2.21. The number of nitrogens with zero attached hydrogens (tertiary/aromatic N) is 1. The Labute approximate surface area is 91.9 Å². The lowest BCUT2D eigenvalue weighted by molar-refractivity contribution is 0.0931. The van der Waals surface area contributed by atoms with Crippen LogP contribution < -0.4 is 0 Å². The maximum atomic E-state index is 11.8. The van der Waals surface area contributed by atoms with E-state index in [1.54, 1.807) is 18.5 Å². The van der Waals surface area contributed by atoms with Crippen molar-refractivity contribution in [3.63, 3.8) is 0 Å². The van der Waals surface area contributed by atoms with Crippen LogP contribution in [0.1, 0.15) is 23.7 Å². The van der Waals surface area contributed by atoms with E-state index >= 15 is 0 Å². The third-order valence-corrected chi connectivity index (χ3v) is 3.06. The van der Waals surface area contributed by atoms with Crippen molar-refractivity contribution in [3.05, 3.63) is 30.1 Å². The van der Waals surface area contributed by atoms with Gasteiger partial charge in [0.05, 0.1) is 0 Å². The zero-order valence-electron chi connectivity index (χ0n) is 7.53. The van der Waals surface area contributed by atoms with E-state index in [2.05, 4.69) is 27.6 Å². The molecule has 0 N–H and O–H groups in total. The fourth-order valence-corrected chi connectivity index (χ4v) is 2.13. The Morgan fingerprint density at radius 2 is 2.46 bits per heavy atom. The van der Waals surface area contributed by atoms with Gasteiger partial charge in [-0.05, 0) is 18.6 Å². The molecular formula is C10H12INO. The highest BCUT2D eigenvalue weighted by atomic mass is 127. The van der Waals surface area contributed by atoms with Crippen LogP contribution in [0.25, 0.3) is 0 Å². The summed E-state index contributed by atoms with van der Waals surface area (Å²) in [6.07, 6.45) is 4.22. The monoisotopic (exact) mass is 289 g/mol. The van der Waals surface area contributed by atoms with Crippen molar-refractivity contribution in [3.8, 4) is 0 Å². The molecule has 1 atom stereocenters. The number of pyridine rings is 1. The van der Waals surface area contributed by atoms with E-state index in [1.165, 1.54) is 0 Å². The SMILES string of the molecule is CCC(CI)C(=O)c1cccnc1. The molecular weight excluding hydrogens is 277 g/mol. The molecule has 0 bridgehead atoms. The second-order valence-electron chi connectivity index (χ2n) is 2.87. The molecule has 0 aliphatic rings. The summed E-state index contributed by atoms with van der Waals surface area (Å²) in [5, 5.41) is 0. The molecule has 0 aliphatic carbocycles. The first kappa shape index (κ1) is 10.6. The van der Waals surface area contributed by atoms with E-state index in [4.69, 9.17) is 0 Å². The zero-order chi connectivity index (χ0) is 9.68. The predicted octanol–water partition coefficient (Wildman–Crippen LogP) is 2.73. The third-order valence-electron chi connectivity index (χ3n) is 2.00. The van der Waals surface area contributed by atoms with Crippen LogP contribution in [0.5, 0.6) is 0 Å². The lowest BCUT2D eigenvalue weighted by Crippen LogP contribution is -2.15. The lowest BCUT2D eigenvalue weighted by atomic mass is 9.99. The summed E-state index contributed by atoms with van der Waals surface area (Å²) >= 11 is 2.25. The van der Waals surface area contributed by atoms with Gasteiger partial charge in [-0.1, -0.05) is 29.5 Å². The van der Waals surface area contributed by atoms with E-state index in [9.17, 15) is 4.79 Å². The van der Waals surface area contributed by atoms with Crippen molar-refractivity contribution in [2.24, 2.45) is 5.92 Å². The number of halogens is 1. The molecule has 3 heteroatoms. The second-order valence-corrected chi connectivity index (χ2v) is 3.75. The van der Waals surface area contributed by atoms with E-state index in [0.29, 0.717) is 0 Å². The van der Waals surface area contributed by atoms with Crippen LogP contribution >= 0.6 is 22.6 Å². The Morgan fingerprint density at radius 1 is 1.69 bits per heavy atom. The van der Waals surface area contributed by atoms with Gasteiger partial charge in [0.25, 0.3) is 0 Å². The fraction of sp³-hybridized carbons (Fsp3) is 0.400. The molecule has 1 heterocycles. The summed E-state index contributed by atoms with van der Waals surface area (Å²) in [4.78, 5) is 15.7. The highest BCUT2D eigenvalue weighted by Crippen LogP contribution is 2.13. The summed E-state index contributed by atoms with van der Waals surface area (Å²) in [6, 6.07) is 3.62. The number of hydrogen-bond acceptors (Lipinski definition) is 2. The molecule has 0 radical (unpaired) electrons. The van der Waals surface area contributed by atoms with Gasteiger partial charge in [-0.25, -0.2) is 0 Å². The number of hydrogen-bond donors (Lipinski definition) is 0. The van der Waals surface area contributed by atoms with Crippen LogP contribution in [0, 0.1) is 5.92 Å². The van der Waals surface area contributed by atoms with E-state index in [0.717, 1.165) is 16.4 Å². The van der Waals surface area contributed by atoms with Crippen LogP contribution in [-0.2, 0) is 0 Å². The molecule has 70 valence electrons. The van der Waals surface area contributed by atoms with E-state index < -0.39 is 0 Å². The maximum Gasteiger partial charge on any atom is 0.168 e. The van der Waals surface area contributed by atoms with Gasteiger partial charge in [0.15, 0.2) is 5.78 Å². The van der Waals surface area contributed by atoms with Gasteiger partial charge >= 0.3 is 0 Å². The largest absolute Gasteiger partial charge is 0.294 e. The van der Waals surface area contributed by atoms with Gasteiger partial charge in [-0.15, -0.1) is 0 Å². The normalized spacial score (nSPS) is 12.5. The standard InChI is InChI=1S/C10H12INO/c1-2-8(6-11)10(13)9-4-3-5-12-7-9/h3-5,7-8H,2,6H2,1H3. The van der Waals surface area contributed by atoms with Crippen molar-refractivity contribution >= 4 is 28.4 Å². The Morgan fingerprint density at radius 3 is 2.92 bits per heavy atom. The first-order valence-electron chi connectivity index (χ1n) is 4.29. The number of alkyl halides is 1. The fourth-order valence-electron chi connectivity index (χ4n) is 1.11. The molecule has 0 saturated heterocycles. The number of aromatic nitrogens is 1. The molecule has 0 spiro atoms. The molecule has 0 amide bonds. The van der Waals surface area contributed by atoms with Gasteiger partial charge in [0.2, 0.25) is 0 Å². The number of rotatable bonds is 4. The Kier molecular flexibility index (Phi) is 4.35. The predicted molar refractivity (Wildman–Crippen MR) is 61.2 cm³/mol. The number of ketones is 1. The first-order valence-corrected chi connectivity index (χ1v) is 5.82. The second kappa shape index (κ2) is 5.32. The molecule has 0 aliphatic heterocycles. The van der Waals surface area contributed by atoms with Gasteiger partial charge in [-0.3, -0.25) is 9.78 Å². The summed E-state index contributed by atoms with van der Waals surface area (Å²) in [7, 11) is 0. The van der Waals surface area contributed by atoms with Crippen LogP contribution in [0.4, 0.5) is 0 Å². The minimum absolute atomic E-state index is 0.143. The van der Waals surface area contributed by atoms with E-state index in [-0.39, 0.29) is 11.7 Å². The number of carbonyl (C=O) groups excluding carboxylic acids is 1. The molecule has 0 fully saturated rings. The number of carbonyl (C=O) groups is 1. The molecule has 1 unspecified atom stereocenters. The minimum atomic E-state index is 0.143. The summed E-state index contributed by atoms with van der Waals surface area (Å²) in [5.41, 5.74) is 0.728. The van der Waals surface area contributed by atoms with Gasteiger partial charge < -0.3 is 0 Å². The van der Waals surface area contributed by atoms with Crippen LogP contribution in [-0.4, -0.2) is 15.2 Å².